The monoisotopic (exact) mass is 362 g/mol. The van der Waals surface area contributed by atoms with Gasteiger partial charge in [-0.25, -0.2) is 4.79 Å². The standard InChI is InChI=1S/C19H14N4O4/c1-12(2)19(24)27-17-10-9-16(15-4-3-11-20-18(15)17)22-21-13-5-7-14(8-6-13)23(25)26/h3-11H,1H2,2H3. The van der Waals surface area contributed by atoms with Crippen LogP contribution in [0.3, 0.4) is 0 Å². The second-order valence-corrected chi connectivity index (χ2v) is 5.63. The van der Waals surface area contributed by atoms with E-state index in [-0.39, 0.29) is 11.3 Å². The number of ether oxygens (including phenoxy) is 1. The number of nitrogens with zero attached hydrogens (tertiary/aromatic N) is 4. The SMILES string of the molecule is C=C(C)C(=O)Oc1ccc(N=Nc2ccc([N+](=O)[O-])cc2)c2cccnc12. The van der Waals surface area contributed by atoms with Gasteiger partial charge in [0.15, 0.2) is 5.75 Å². The Kier molecular flexibility index (Phi) is 4.98. The number of benzene rings is 2. The maximum absolute atomic E-state index is 11.8. The number of nitro groups is 1. The molecular weight excluding hydrogens is 348 g/mol. The van der Waals surface area contributed by atoms with E-state index in [1.54, 1.807) is 37.4 Å². The summed E-state index contributed by atoms with van der Waals surface area (Å²) in [5, 5.41) is 19.6. The fraction of sp³-hybridized carbons (Fsp3) is 0.0526. The molecule has 8 nitrogen and oxygen atoms in total. The molecule has 0 aliphatic carbocycles. The molecule has 0 spiro atoms. The summed E-state index contributed by atoms with van der Waals surface area (Å²) < 4.78 is 5.31. The number of carbonyl (C=O) groups excluding carboxylic acids is 1. The summed E-state index contributed by atoms with van der Waals surface area (Å²) in [6.45, 7) is 5.12. The van der Waals surface area contributed by atoms with Gasteiger partial charge < -0.3 is 4.74 Å². The minimum atomic E-state index is -0.540. The van der Waals surface area contributed by atoms with Crippen molar-refractivity contribution < 1.29 is 14.5 Å². The van der Waals surface area contributed by atoms with E-state index in [1.807, 2.05) is 0 Å². The van der Waals surface area contributed by atoms with Crippen LogP contribution in [0.1, 0.15) is 6.92 Å². The maximum atomic E-state index is 11.8. The quantitative estimate of drug-likeness (QED) is 0.158. The van der Waals surface area contributed by atoms with Gasteiger partial charge in [0.05, 0.1) is 16.3 Å². The second-order valence-electron chi connectivity index (χ2n) is 5.63. The number of aromatic nitrogens is 1. The highest BCUT2D eigenvalue weighted by molar-refractivity contribution is 5.97. The molecule has 134 valence electrons. The first-order valence-electron chi connectivity index (χ1n) is 7.87. The summed E-state index contributed by atoms with van der Waals surface area (Å²) in [5.41, 5.74) is 1.71. The summed E-state index contributed by atoms with van der Waals surface area (Å²) in [6.07, 6.45) is 1.58. The van der Waals surface area contributed by atoms with Gasteiger partial charge in [0.2, 0.25) is 0 Å². The Morgan fingerprint density at radius 2 is 1.89 bits per heavy atom. The molecule has 0 saturated heterocycles. The van der Waals surface area contributed by atoms with Crippen LogP contribution >= 0.6 is 0 Å². The molecule has 0 atom stereocenters. The molecule has 0 aliphatic rings. The highest BCUT2D eigenvalue weighted by atomic mass is 16.6. The molecule has 0 N–H and O–H groups in total. The fourth-order valence-electron chi connectivity index (χ4n) is 2.24. The fourth-order valence-corrected chi connectivity index (χ4v) is 2.24. The van der Waals surface area contributed by atoms with Gasteiger partial charge in [0.1, 0.15) is 5.52 Å². The van der Waals surface area contributed by atoms with Gasteiger partial charge in [0, 0.05) is 29.3 Å². The van der Waals surface area contributed by atoms with Gasteiger partial charge in [-0.3, -0.25) is 15.1 Å². The Labute approximate surface area is 154 Å². The van der Waals surface area contributed by atoms with Crippen LogP contribution < -0.4 is 4.74 Å². The molecule has 1 aromatic heterocycles. The van der Waals surface area contributed by atoms with Crippen molar-refractivity contribution in [3.63, 3.8) is 0 Å². The topological polar surface area (TPSA) is 107 Å². The molecule has 0 bridgehead atoms. The van der Waals surface area contributed by atoms with Gasteiger partial charge >= 0.3 is 5.97 Å². The average molecular weight is 362 g/mol. The van der Waals surface area contributed by atoms with Crippen LogP contribution in [0.4, 0.5) is 17.1 Å². The molecule has 8 heteroatoms. The number of rotatable bonds is 5. The van der Waals surface area contributed by atoms with Gasteiger partial charge in [0.25, 0.3) is 5.69 Å². The first-order valence-corrected chi connectivity index (χ1v) is 7.87. The van der Waals surface area contributed by atoms with Gasteiger partial charge in [-0.15, -0.1) is 5.11 Å². The minimum Gasteiger partial charge on any atom is -0.421 e. The summed E-state index contributed by atoms with van der Waals surface area (Å²) in [6, 6.07) is 12.5. The average Bonchev–Trinajstić information content (AvgIpc) is 2.67. The van der Waals surface area contributed by atoms with Crippen molar-refractivity contribution in [2.24, 2.45) is 10.2 Å². The molecule has 0 radical (unpaired) electrons. The van der Waals surface area contributed by atoms with Crippen molar-refractivity contribution in [2.45, 2.75) is 6.92 Å². The zero-order valence-electron chi connectivity index (χ0n) is 14.3. The largest absolute Gasteiger partial charge is 0.421 e. The van der Waals surface area contributed by atoms with E-state index in [9.17, 15) is 14.9 Å². The van der Waals surface area contributed by atoms with Crippen LogP contribution in [-0.4, -0.2) is 15.9 Å². The maximum Gasteiger partial charge on any atom is 0.338 e. The lowest BCUT2D eigenvalue weighted by molar-refractivity contribution is -0.384. The second kappa shape index (κ2) is 7.52. The van der Waals surface area contributed by atoms with Crippen LogP contribution in [0.15, 0.2) is 77.1 Å². The molecule has 0 saturated carbocycles. The lowest BCUT2D eigenvalue weighted by Gasteiger charge is -2.08. The third-order valence-electron chi connectivity index (χ3n) is 3.59. The van der Waals surface area contributed by atoms with Gasteiger partial charge in [-0.1, -0.05) is 6.58 Å². The molecule has 27 heavy (non-hydrogen) atoms. The highest BCUT2D eigenvalue weighted by Crippen LogP contribution is 2.33. The van der Waals surface area contributed by atoms with Crippen molar-refractivity contribution in [2.75, 3.05) is 0 Å². The van der Waals surface area contributed by atoms with E-state index < -0.39 is 10.9 Å². The minimum absolute atomic E-state index is 0.0210. The Bertz CT molecular complexity index is 1070. The van der Waals surface area contributed by atoms with E-state index >= 15 is 0 Å². The normalized spacial score (nSPS) is 10.9. The van der Waals surface area contributed by atoms with Crippen LogP contribution in [0.5, 0.6) is 5.75 Å². The zero-order valence-corrected chi connectivity index (χ0v) is 14.3. The van der Waals surface area contributed by atoms with Crippen molar-refractivity contribution in [1.29, 1.82) is 0 Å². The van der Waals surface area contributed by atoms with Crippen molar-refractivity contribution in [3.8, 4) is 5.75 Å². The number of pyridine rings is 1. The number of azo groups is 1. The van der Waals surface area contributed by atoms with Crippen molar-refractivity contribution in [3.05, 3.63) is 77.0 Å². The zero-order chi connectivity index (χ0) is 19.4. The highest BCUT2D eigenvalue weighted by Gasteiger charge is 2.12. The lowest BCUT2D eigenvalue weighted by Crippen LogP contribution is -2.08. The number of nitro benzene ring substituents is 1. The summed E-state index contributed by atoms with van der Waals surface area (Å²) in [4.78, 5) is 26.3. The number of hydrogen-bond acceptors (Lipinski definition) is 7. The Hall–Kier alpha value is -3.94. The molecule has 0 fully saturated rings. The van der Waals surface area contributed by atoms with E-state index in [0.717, 1.165) is 0 Å². The number of non-ortho nitro benzene ring substituents is 1. The summed E-state index contributed by atoms with van der Waals surface area (Å²) in [7, 11) is 0. The molecule has 0 amide bonds. The van der Waals surface area contributed by atoms with E-state index in [2.05, 4.69) is 21.8 Å². The van der Waals surface area contributed by atoms with Crippen molar-refractivity contribution >= 4 is 33.9 Å². The third kappa shape index (κ3) is 4.01. The summed E-state index contributed by atoms with van der Waals surface area (Å²) in [5.74, 6) is -0.241. The number of carbonyl (C=O) groups is 1. The van der Waals surface area contributed by atoms with Gasteiger partial charge in [-0.05, 0) is 43.3 Å². The van der Waals surface area contributed by atoms with Crippen LogP contribution in [0.25, 0.3) is 10.9 Å². The predicted octanol–water partition coefficient (Wildman–Crippen LogP) is 5.04. The molecule has 3 rings (SSSR count). The van der Waals surface area contributed by atoms with Crippen LogP contribution in [0.2, 0.25) is 0 Å². The Morgan fingerprint density at radius 1 is 1.15 bits per heavy atom. The van der Waals surface area contributed by atoms with E-state index in [1.165, 1.54) is 24.3 Å². The van der Waals surface area contributed by atoms with E-state index in [0.29, 0.717) is 28.0 Å². The van der Waals surface area contributed by atoms with Gasteiger partial charge in [-0.2, -0.15) is 5.11 Å². The number of fused-ring (bicyclic) bond motifs is 1. The van der Waals surface area contributed by atoms with Crippen LogP contribution in [-0.2, 0) is 4.79 Å². The molecule has 0 aliphatic heterocycles. The number of esters is 1. The lowest BCUT2D eigenvalue weighted by atomic mass is 10.1. The molecule has 3 aromatic rings. The molecule has 2 aromatic carbocycles. The molecule has 1 heterocycles. The predicted molar refractivity (Wildman–Crippen MR) is 99.5 cm³/mol. The van der Waals surface area contributed by atoms with Crippen molar-refractivity contribution in [1.82, 2.24) is 4.98 Å². The first kappa shape index (κ1) is 17.9. The Balaban J connectivity index is 1.94. The first-order chi connectivity index (χ1) is 13.0. The number of hydrogen-bond donors (Lipinski definition) is 0. The van der Waals surface area contributed by atoms with Crippen LogP contribution in [0, 0.1) is 10.1 Å². The summed E-state index contributed by atoms with van der Waals surface area (Å²) >= 11 is 0. The molecule has 0 unspecified atom stereocenters. The van der Waals surface area contributed by atoms with E-state index in [4.69, 9.17) is 4.74 Å². The Morgan fingerprint density at radius 3 is 2.56 bits per heavy atom. The smallest absolute Gasteiger partial charge is 0.338 e. The molecular formula is C19H14N4O4. The third-order valence-corrected chi connectivity index (χ3v) is 3.59.